The smallest absolute Gasteiger partial charge is 0.121 e. The molecule has 0 spiro atoms. The number of imidazole rings is 1. The second kappa shape index (κ2) is 4.58. The molecule has 3 nitrogen and oxygen atoms in total. The van der Waals surface area contributed by atoms with E-state index in [2.05, 4.69) is 48.0 Å². The van der Waals surface area contributed by atoms with Gasteiger partial charge in [-0.1, -0.05) is 18.2 Å². The van der Waals surface area contributed by atoms with Gasteiger partial charge in [-0.3, -0.25) is 4.90 Å². The Morgan fingerprint density at radius 2 is 2.17 bits per heavy atom. The molecule has 0 amide bonds. The molecule has 3 heteroatoms. The molecule has 0 saturated carbocycles. The van der Waals surface area contributed by atoms with Crippen molar-refractivity contribution in [1.29, 1.82) is 0 Å². The molecular formula is C15H19N3. The van der Waals surface area contributed by atoms with Gasteiger partial charge in [-0.2, -0.15) is 0 Å². The van der Waals surface area contributed by atoms with E-state index in [-0.39, 0.29) is 0 Å². The Labute approximate surface area is 108 Å². The topological polar surface area (TPSA) is 31.9 Å². The number of H-pyrrole nitrogens is 1. The summed E-state index contributed by atoms with van der Waals surface area (Å²) in [6.45, 7) is 7.36. The minimum absolute atomic E-state index is 0.914. The van der Waals surface area contributed by atoms with Crippen LogP contribution in [-0.4, -0.2) is 28.0 Å². The largest absolute Gasteiger partial charge is 0.341 e. The van der Waals surface area contributed by atoms with Gasteiger partial charge in [-0.05, 0) is 37.5 Å². The number of fused-ring (bicyclic) bond motifs is 1. The van der Waals surface area contributed by atoms with E-state index in [4.69, 9.17) is 4.98 Å². The Hall–Kier alpha value is -1.61. The van der Waals surface area contributed by atoms with Crippen LogP contribution in [-0.2, 0) is 6.54 Å². The van der Waals surface area contributed by atoms with Crippen LogP contribution in [0.1, 0.15) is 23.4 Å². The number of nitrogens with zero attached hydrogens (tertiary/aromatic N) is 2. The normalized spacial score (nSPS) is 16.6. The molecule has 1 aromatic carbocycles. The van der Waals surface area contributed by atoms with Crippen molar-refractivity contribution < 1.29 is 0 Å². The van der Waals surface area contributed by atoms with Crippen molar-refractivity contribution in [3.05, 3.63) is 41.2 Å². The van der Waals surface area contributed by atoms with E-state index in [1.54, 1.807) is 0 Å². The highest BCUT2D eigenvalue weighted by atomic mass is 15.1. The van der Waals surface area contributed by atoms with Crippen LogP contribution >= 0.6 is 0 Å². The number of aryl methyl sites for hydroxylation is 2. The van der Waals surface area contributed by atoms with Crippen LogP contribution < -0.4 is 0 Å². The minimum atomic E-state index is 0.914. The lowest BCUT2D eigenvalue weighted by Gasteiger charge is -2.21. The highest BCUT2D eigenvalue weighted by Crippen LogP contribution is 2.20. The van der Waals surface area contributed by atoms with Gasteiger partial charge in [0.25, 0.3) is 0 Å². The third kappa shape index (κ3) is 2.06. The summed E-state index contributed by atoms with van der Waals surface area (Å²) in [5.74, 6) is 1.08. The zero-order chi connectivity index (χ0) is 12.5. The summed E-state index contributed by atoms with van der Waals surface area (Å²) in [5, 5.41) is 0. The summed E-state index contributed by atoms with van der Waals surface area (Å²) in [5.41, 5.74) is 4.87. The Kier molecular flexibility index (Phi) is 2.92. The molecule has 1 N–H and O–H groups in total. The van der Waals surface area contributed by atoms with E-state index in [0.717, 1.165) is 42.9 Å². The zero-order valence-electron chi connectivity index (χ0n) is 11.0. The number of aromatic amines is 1. The predicted octanol–water partition coefficient (Wildman–Crippen LogP) is 2.94. The first-order valence-corrected chi connectivity index (χ1v) is 6.56. The van der Waals surface area contributed by atoms with E-state index >= 15 is 0 Å². The third-order valence-electron chi connectivity index (χ3n) is 3.74. The Morgan fingerprint density at radius 3 is 2.94 bits per heavy atom. The molecule has 0 radical (unpaired) electrons. The second-order valence-electron chi connectivity index (χ2n) is 5.08. The fourth-order valence-electron chi connectivity index (χ4n) is 2.48. The number of rotatable bonds is 2. The van der Waals surface area contributed by atoms with Crippen molar-refractivity contribution in [3.8, 4) is 0 Å². The molecule has 2 aromatic rings. The molecular weight excluding hydrogens is 222 g/mol. The van der Waals surface area contributed by atoms with Gasteiger partial charge in [0.15, 0.2) is 0 Å². The van der Waals surface area contributed by atoms with Gasteiger partial charge in [0.1, 0.15) is 5.82 Å². The van der Waals surface area contributed by atoms with Gasteiger partial charge in [0.2, 0.25) is 0 Å². The highest BCUT2D eigenvalue weighted by Gasteiger charge is 2.11. The van der Waals surface area contributed by atoms with E-state index in [1.807, 2.05) is 0 Å². The molecule has 1 aromatic heterocycles. The van der Waals surface area contributed by atoms with E-state index in [1.165, 1.54) is 11.1 Å². The molecule has 0 aliphatic carbocycles. The predicted molar refractivity (Wildman–Crippen MR) is 74.6 cm³/mol. The molecule has 0 atom stereocenters. The SMILES string of the molecule is Cc1ccc2[nH]c(CN3CC=CCC3)nc2c1C. The maximum Gasteiger partial charge on any atom is 0.121 e. The summed E-state index contributed by atoms with van der Waals surface area (Å²) in [7, 11) is 0. The van der Waals surface area contributed by atoms with Gasteiger partial charge < -0.3 is 4.98 Å². The van der Waals surface area contributed by atoms with Gasteiger partial charge in [-0.25, -0.2) is 4.98 Å². The maximum absolute atomic E-state index is 4.75. The first-order valence-electron chi connectivity index (χ1n) is 6.56. The van der Waals surface area contributed by atoms with E-state index in [9.17, 15) is 0 Å². The maximum atomic E-state index is 4.75. The number of hydrogen-bond donors (Lipinski definition) is 1. The molecule has 18 heavy (non-hydrogen) atoms. The van der Waals surface area contributed by atoms with Gasteiger partial charge in [0.05, 0.1) is 17.6 Å². The average molecular weight is 241 g/mol. The number of hydrogen-bond acceptors (Lipinski definition) is 2. The Bertz CT molecular complexity index is 595. The van der Waals surface area contributed by atoms with Crippen LogP contribution in [0.15, 0.2) is 24.3 Å². The molecule has 0 saturated heterocycles. The lowest BCUT2D eigenvalue weighted by molar-refractivity contribution is 0.284. The summed E-state index contributed by atoms with van der Waals surface area (Å²) < 4.78 is 0. The van der Waals surface area contributed by atoms with E-state index in [0.29, 0.717) is 0 Å². The molecule has 0 fully saturated rings. The van der Waals surface area contributed by atoms with Crippen molar-refractivity contribution >= 4 is 11.0 Å². The summed E-state index contributed by atoms with van der Waals surface area (Å²) in [6, 6.07) is 4.29. The van der Waals surface area contributed by atoms with Crippen molar-refractivity contribution in [2.45, 2.75) is 26.8 Å². The fourth-order valence-corrected chi connectivity index (χ4v) is 2.48. The number of aromatic nitrogens is 2. The van der Waals surface area contributed by atoms with Crippen molar-refractivity contribution in [2.24, 2.45) is 0 Å². The highest BCUT2D eigenvalue weighted by molar-refractivity contribution is 5.79. The van der Waals surface area contributed by atoms with Crippen LogP contribution in [0.25, 0.3) is 11.0 Å². The van der Waals surface area contributed by atoms with Crippen LogP contribution in [0.5, 0.6) is 0 Å². The lowest BCUT2D eigenvalue weighted by Crippen LogP contribution is -2.27. The molecule has 2 heterocycles. The van der Waals surface area contributed by atoms with Crippen LogP contribution in [0.2, 0.25) is 0 Å². The summed E-state index contributed by atoms with van der Waals surface area (Å²) in [4.78, 5) is 10.6. The number of benzene rings is 1. The molecule has 94 valence electrons. The Morgan fingerprint density at radius 1 is 1.28 bits per heavy atom. The van der Waals surface area contributed by atoms with Crippen LogP contribution in [0.4, 0.5) is 0 Å². The van der Waals surface area contributed by atoms with E-state index < -0.39 is 0 Å². The van der Waals surface area contributed by atoms with Crippen molar-refractivity contribution in [1.82, 2.24) is 14.9 Å². The van der Waals surface area contributed by atoms with Gasteiger partial charge in [0, 0.05) is 13.1 Å². The standard InChI is InChI=1S/C15H19N3/c1-11-6-7-13-15(12(11)2)17-14(16-13)10-18-8-4-3-5-9-18/h3-4,6-7H,5,8-10H2,1-2H3,(H,16,17). The molecule has 1 aliphatic rings. The van der Waals surface area contributed by atoms with Gasteiger partial charge in [-0.15, -0.1) is 0 Å². The summed E-state index contributed by atoms with van der Waals surface area (Å²) in [6.07, 6.45) is 5.64. The first-order chi connectivity index (χ1) is 8.74. The monoisotopic (exact) mass is 241 g/mol. The van der Waals surface area contributed by atoms with Gasteiger partial charge >= 0.3 is 0 Å². The number of nitrogens with one attached hydrogen (secondary N) is 1. The first kappa shape index (κ1) is 11.5. The molecule has 3 rings (SSSR count). The quantitative estimate of drug-likeness (QED) is 0.820. The molecule has 0 unspecified atom stereocenters. The minimum Gasteiger partial charge on any atom is -0.341 e. The average Bonchev–Trinajstić information content (AvgIpc) is 2.79. The summed E-state index contributed by atoms with van der Waals surface area (Å²) >= 11 is 0. The fraction of sp³-hybridized carbons (Fsp3) is 0.400. The van der Waals surface area contributed by atoms with Crippen molar-refractivity contribution in [2.75, 3.05) is 13.1 Å². The molecule has 0 bridgehead atoms. The lowest BCUT2D eigenvalue weighted by atomic mass is 10.1. The second-order valence-corrected chi connectivity index (χ2v) is 5.08. The van der Waals surface area contributed by atoms with Crippen LogP contribution in [0.3, 0.4) is 0 Å². The van der Waals surface area contributed by atoms with Crippen LogP contribution in [0, 0.1) is 13.8 Å². The Balaban J connectivity index is 1.89. The van der Waals surface area contributed by atoms with Crippen molar-refractivity contribution in [3.63, 3.8) is 0 Å². The molecule has 1 aliphatic heterocycles. The third-order valence-corrected chi connectivity index (χ3v) is 3.74. The zero-order valence-corrected chi connectivity index (χ0v) is 11.0.